The lowest BCUT2D eigenvalue weighted by molar-refractivity contribution is 0.383. The van der Waals surface area contributed by atoms with Gasteiger partial charge < -0.3 is 15.2 Å². The Balaban J connectivity index is 1.82. The Labute approximate surface area is 154 Å². The predicted molar refractivity (Wildman–Crippen MR) is 99.8 cm³/mol. The largest absolute Gasteiger partial charge is 0.497 e. The SMILES string of the molecule is COc1ccc(-c2nc3c(s2)[C@H](c2ccccc2)C(C#N)=C(N)O3)cc1. The minimum absolute atomic E-state index is 0.112. The maximum Gasteiger partial charge on any atom is 0.236 e. The Morgan fingerprint density at radius 3 is 2.54 bits per heavy atom. The number of allylic oxidation sites excluding steroid dienone is 1. The molecule has 2 heterocycles. The van der Waals surface area contributed by atoms with E-state index in [1.807, 2.05) is 54.6 Å². The molecule has 0 saturated heterocycles. The molecule has 2 aromatic carbocycles. The Morgan fingerprint density at radius 2 is 1.88 bits per heavy atom. The number of benzene rings is 2. The molecule has 5 nitrogen and oxygen atoms in total. The molecule has 6 heteroatoms. The summed E-state index contributed by atoms with van der Waals surface area (Å²) in [5.74, 6) is 1.09. The van der Waals surface area contributed by atoms with Gasteiger partial charge in [-0.3, -0.25) is 0 Å². The first kappa shape index (κ1) is 16.2. The number of thiazole rings is 1. The molecule has 1 aromatic heterocycles. The van der Waals surface area contributed by atoms with Crippen LogP contribution >= 0.6 is 11.3 Å². The van der Waals surface area contributed by atoms with E-state index >= 15 is 0 Å². The fraction of sp³-hybridized carbons (Fsp3) is 0.100. The zero-order valence-corrected chi connectivity index (χ0v) is 14.8. The lowest BCUT2D eigenvalue weighted by Crippen LogP contribution is -2.20. The summed E-state index contributed by atoms with van der Waals surface area (Å²) in [4.78, 5) is 5.49. The monoisotopic (exact) mass is 361 g/mol. The molecule has 4 rings (SSSR count). The van der Waals surface area contributed by atoms with E-state index in [-0.39, 0.29) is 11.8 Å². The van der Waals surface area contributed by atoms with Crippen molar-refractivity contribution < 1.29 is 9.47 Å². The molecule has 0 bridgehead atoms. The molecular formula is C20H15N3O2S. The highest BCUT2D eigenvalue weighted by Crippen LogP contribution is 2.46. The Morgan fingerprint density at radius 1 is 1.15 bits per heavy atom. The first-order valence-corrected chi connectivity index (χ1v) is 8.80. The second kappa shape index (κ2) is 6.54. The van der Waals surface area contributed by atoms with Crippen molar-refractivity contribution in [2.45, 2.75) is 5.92 Å². The predicted octanol–water partition coefficient (Wildman–Crippen LogP) is 4.04. The number of ether oxygens (including phenoxy) is 2. The third-order valence-corrected chi connectivity index (χ3v) is 5.38. The zero-order valence-electron chi connectivity index (χ0n) is 14.0. The molecule has 1 aliphatic heterocycles. The summed E-state index contributed by atoms with van der Waals surface area (Å²) in [6.45, 7) is 0. The van der Waals surface area contributed by atoms with Gasteiger partial charge in [-0.2, -0.15) is 5.26 Å². The number of nitrogens with zero attached hydrogens (tertiary/aromatic N) is 2. The molecule has 0 spiro atoms. The minimum Gasteiger partial charge on any atom is -0.497 e. The number of hydrogen-bond donors (Lipinski definition) is 1. The summed E-state index contributed by atoms with van der Waals surface area (Å²) >= 11 is 1.51. The average Bonchev–Trinajstić information content (AvgIpc) is 3.11. The highest BCUT2D eigenvalue weighted by molar-refractivity contribution is 7.15. The van der Waals surface area contributed by atoms with Gasteiger partial charge in [-0.25, -0.2) is 4.98 Å². The van der Waals surface area contributed by atoms with E-state index in [1.54, 1.807) is 7.11 Å². The summed E-state index contributed by atoms with van der Waals surface area (Å²) in [6.07, 6.45) is 0. The van der Waals surface area contributed by atoms with E-state index in [0.29, 0.717) is 11.5 Å². The van der Waals surface area contributed by atoms with E-state index in [2.05, 4.69) is 11.1 Å². The van der Waals surface area contributed by atoms with Crippen LogP contribution in [-0.4, -0.2) is 12.1 Å². The van der Waals surface area contributed by atoms with E-state index in [0.717, 1.165) is 26.8 Å². The van der Waals surface area contributed by atoms with Crippen molar-refractivity contribution >= 4 is 11.3 Å². The molecule has 2 N–H and O–H groups in total. The smallest absolute Gasteiger partial charge is 0.236 e. The number of nitriles is 1. The Hall–Kier alpha value is -3.30. The van der Waals surface area contributed by atoms with E-state index in [9.17, 15) is 5.26 Å². The van der Waals surface area contributed by atoms with Crippen LogP contribution in [0, 0.1) is 11.3 Å². The van der Waals surface area contributed by atoms with E-state index in [4.69, 9.17) is 15.2 Å². The highest BCUT2D eigenvalue weighted by atomic mass is 32.1. The second-order valence-electron chi connectivity index (χ2n) is 5.75. The molecule has 0 unspecified atom stereocenters. The molecule has 0 radical (unpaired) electrons. The Bertz CT molecular complexity index is 1020. The quantitative estimate of drug-likeness (QED) is 0.761. The van der Waals surface area contributed by atoms with Crippen molar-refractivity contribution in [2.24, 2.45) is 5.73 Å². The maximum atomic E-state index is 9.60. The minimum atomic E-state index is -0.269. The van der Waals surface area contributed by atoms with Crippen LogP contribution in [0.2, 0.25) is 0 Å². The van der Waals surface area contributed by atoms with Gasteiger partial charge in [-0.05, 0) is 29.8 Å². The van der Waals surface area contributed by atoms with Crippen LogP contribution in [-0.2, 0) is 0 Å². The molecular weight excluding hydrogens is 346 g/mol. The molecule has 1 atom stereocenters. The average molecular weight is 361 g/mol. The van der Waals surface area contributed by atoms with Crippen molar-refractivity contribution in [2.75, 3.05) is 7.11 Å². The third kappa shape index (κ3) is 2.68. The number of nitrogens with two attached hydrogens (primary N) is 1. The fourth-order valence-corrected chi connectivity index (χ4v) is 4.08. The van der Waals surface area contributed by atoms with Crippen LogP contribution < -0.4 is 15.2 Å². The van der Waals surface area contributed by atoms with Crippen molar-refractivity contribution in [3.8, 4) is 28.3 Å². The first-order valence-electron chi connectivity index (χ1n) is 7.99. The summed E-state index contributed by atoms with van der Waals surface area (Å²) < 4.78 is 10.8. The standard InChI is InChI=1S/C20H15N3O2S/c1-24-14-9-7-13(8-10-14)20-23-19-17(26-20)16(12-5-3-2-4-6-12)15(11-21)18(22)25-19/h2-10,16H,22H2,1H3/t16-/m1/s1. The van der Waals surface area contributed by atoms with Crippen molar-refractivity contribution in [3.63, 3.8) is 0 Å². The van der Waals surface area contributed by atoms with E-state index in [1.165, 1.54) is 11.3 Å². The molecule has 3 aromatic rings. The van der Waals surface area contributed by atoms with Crippen LogP contribution in [0.1, 0.15) is 16.4 Å². The maximum absolute atomic E-state index is 9.60. The topological polar surface area (TPSA) is 81.2 Å². The van der Waals surface area contributed by atoms with Crippen LogP contribution in [0.15, 0.2) is 66.1 Å². The van der Waals surface area contributed by atoms with Gasteiger partial charge in [0.15, 0.2) is 0 Å². The summed E-state index contributed by atoms with van der Waals surface area (Å²) in [6, 6.07) is 19.7. The Kier molecular flexibility index (Phi) is 4.07. The van der Waals surface area contributed by atoms with Gasteiger partial charge in [0, 0.05) is 5.56 Å². The van der Waals surface area contributed by atoms with Gasteiger partial charge >= 0.3 is 0 Å². The highest BCUT2D eigenvalue weighted by Gasteiger charge is 2.34. The molecule has 26 heavy (non-hydrogen) atoms. The van der Waals surface area contributed by atoms with Gasteiger partial charge in [0.1, 0.15) is 22.4 Å². The number of methoxy groups -OCH3 is 1. The van der Waals surface area contributed by atoms with Gasteiger partial charge in [0.05, 0.1) is 17.9 Å². The van der Waals surface area contributed by atoms with Crippen molar-refractivity contribution in [1.82, 2.24) is 4.98 Å². The van der Waals surface area contributed by atoms with Gasteiger partial charge in [-0.15, -0.1) is 11.3 Å². The summed E-state index contributed by atoms with van der Waals surface area (Å²) in [5, 5.41) is 10.4. The van der Waals surface area contributed by atoms with Crippen LogP contribution in [0.3, 0.4) is 0 Å². The number of fused-ring (bicyclic) bond motifs is 1. The molecule has 1 aliphatic rings. The normalized spacial score (nSPS) is 15.8. The van der Waals surface area contributed by atoms with Crippen LogP contribution in [0.4, 0.5) is 0 Å². The molecule has 0 saturated carbocycles. The van der Waals surface area contributed by atoms with Gasteiger partial charge in [0.2, 0.25) is 11.8 Å². The molecule has 0 aliphatic carbocycles. The summed E-state index contributed by atoms with van der Waals surface area (Å²) in [5.41, 5.74) is 8.36. The summed E-state index contributed by atoms with van der Waals surface area (Å²) in [7, 11) is 1.63. The number of hydrogen-bond acceptors (Lipinski definition) is 6. The van der Waals surface area contributed by atoms with Gasteiger partial charge in [0.25, 0.3) is 0 Å². The third-order valence-electron chi connectivity index (χ3n) is 4.23. The fourth-order valence-electron chi connectivity index (χ4n) is 2.95. The molecule has 0 amide bonds. The second-order valence-corrected chi connectivity index (χ2v) is 6.78. The van der Waals surface area contributed by atoms with Crippen LogP contribution in [0.5, 0.6) is 11.6 Å². The van der Waals surface area contributed by atoms with Crippen LogP contribution in [0.25, 0.3) is 10.6 Å². The van der Waals surface area contributed by atoms with Crippen molar-refractivity contribution in [3.05, 3.63) is 76.5 Å². The van der Waals surface area contributed by atoms with Crippen molar-refractivity contribution in [1.29, 1.82) is 5.26 Å². The lowest BCUT2D eigenvalue weighted by atomic mass is 9.89. The zero-order chi connectivity index (χ0) is 18.1. The number of rotatable bonds is 3. The molecule has 128 valence electrons. The van der Waals surface area contributed by atoms with E-state index < -0.39 is 0 Å². The lowest BCUT2D eigenvalue weighted by Gasteiger charge is -2.22. The number of aromatic nitrogens is 1. The first-order chi connectivity index (χ1) is 12.7. The van der Waals surface area contributed by atoms with Gasteiger partial charge in [-0.1, -0.05) is 30.3 Å². The molecule has 0 fully saturated rings.